The molecule has 57 heavy (non-hydrogen) atoms. The fraction of sp³-hybridized carbons (Fsp3) is 0. The Kier molecular flexibility index (Phi) is 7.77. The van der Waals surface area contributed by atoms with E-state index in [1.807, 2.05) is 92.3 Å². The number of hydrogen-bond donors (Lipinski definition) is 3. The first-order valence-corrected chi connectivity index (χ1v) is 19.1. The molecule has 0 fully saturated rings. The Labute approximate surface area is 332 Å². The van der Waals surface area contributed by atoms with Crippen LogP contribution in [0.5, 0.6) is 17.2 Å². The van der Waals surface area contributed by atoms with E-state index in [0.717, 1.165) is 87.4 Å². The van der Waals surface area contributed by atoms with E-state index >= 15 is 0 Å². The van der Waals surface area contributed by atoms with Crippen LogP contribution in [0.4, 0.5) is 0 Å². The van der Waals surface area contributed by atoms with Gasteiger partial charge in [-0.15, -0.1) is 0 Å². The fourth-order valence-electron chi connectivity index (χ4n) is 8.62. The van der Waals surface area contributed by atoms with Gasteiger partial charge in [-0.05, 0) is 62.1 Å². The summed E-state index contributed by atoms with van der Waals surface area (Å²) in [5.41, 5.74) is 8.46. The van der Waals surface area contributed by atoms with Crippen molar-refractivity contribution in [2.75, 3.05) is 0 Å². The van der Waals surface area contributed by atoms with Gasteiger partial charge in [0.1, 0.15) is 45.0 Å². The predicted molar refractivity (Wildman–Crippen MR) is 249 cm³/mol. The number of aromatic hydroxyl groups is 3. The molecule has 0 spiro atoms. The number of phenols is 3. The zero-order valence-corrected chi connectivity index (χ0v) is 32.2. The molecular weight excluding hydrogens is 699 g/mol. The quantitative estimate of drug-likeness (QED) is 0.189. The maximum atomic E-state index is 11.8. The average Bonchev–Trinajstić information content (AvgIpc) is 3.61. The summed E-state index contributed by atoms with van der Waals surface area (Å²) < 4.78 is 1.99. The molecule has 10 aromatic rings. The van der Waals surface area contributed by atoms with Gasteiger partial charge in [-0.2, -0.15) is 0 Å². The second-order valence-electron chi connectivity index (χ2n) is 15.1. The minimum atomic E-state index is -0.203. The first kappa shape index (κ1) is 34.6. The Morgan fingerprint density at radius 3 is 1.49 bits per heavy atom. The first-order valence-electron chi connectivity index (χ1n) is 19.1. The second-order valence-corrected chi connectivity index (χ2v) is 15.1. The molecule has 0 aliphatic carbocycles. The summed E-state index contributed by atoms with van der Waals surface area (Å²) in [6.07, 6.45) is 0. The summed E-state index contributed by atoms with van der Waals surface area (Å²) in [5, 5.41) is 42.5. The molecule has 0 bridgehead atoms. The molecule has 0 aliphatic heterocycles. The Hall–Kier alpha value is -6.93. The molecule has 10 rings (SSSR count). The van der Waals surface area contributed by atoms with E-state index in [-0.39, 0.29) is 17.2 Å². The molecule has 0 atom stereocenters. The molecule has 3 N–H and O–H groups in total. The summed E-state index contributed by atoms with van der Waals surface area (Å²) in [5.74, 6) is 1.49. The Morgan fingerprint density at radius 1 is 0.404 bits per heavy atom. The maximum Gasteiger partial charge on any atom is 0.182 e. The highest BCUT2D eigenvalue weighted by Crippen LogP contribution is 2.41. The SMILES string of the molecule is Bc1c(O)c(B)c2c(c1B)c1c(B)c(B)c(O)c(O)c1n2-c1ccc(-c2nc(-c3ccc4ccccc4c3)nc(-c3ccc4ccccc4c3)n2)c2ccccc12. The van der Waals surface area contributed by atoms with Gasteiger partial charge >= 0.3 is 0 Å². The minimum absolute atomic E-state index is 0.158. The number of nitrogens with zero attached hydrogens (tertiary/aromatic N) is 4. The summed E-state index contributed by atoms with van der Waals surface area (Å²) in [6, 6.07) is 41.2. The molecule has 0 saturated heterocycles. The van der Waals surface area contributed by atoms with E-state index in [0.29, 0.717) is 33.9 Å². The topological polar surface area (TPSA) is 104 Å². The highest BCUT2D eigenvalue weighted by atomic mass is 16.3. The van der Waals surface area contributed by atoms with E-state index in [1.165, 1.54) is 0 Å². The van der Waals surface area contributed by atoms with Gasteiger partial charge in [-0.25, -0.2) is 15.0 Å². The summed E-state index contributed by atoms with van der Waals surface area (Å²) in [6.45, 7) is 0. The molecule has 0 unspecified atom stereocenters. The van der Waals surface area contributed by atoms with Crippen LogP contribution in [0.15, 0.2) is 121 Å². The van der Waals surface area contributed by atoms with Gasteiger partial charge in [0, 0.05) is 32.8 Å². The number of fused-ring (bicyclic) bond motifs is 6. The van der Waals surface area contributed by atoms with Crippen molar-refractivity contribution in [2.45, 2.75) is 0 Å². The van der Waals surface area contributed by atoms with Gasteiger partial charge < -0.3 is 19.9 Å². The van der Waals surface area contributed by atoms with Crippen molar-refractivity contribution in [1.82, 2.24) is 19.5 Å². The molecule has 0 saturated carbocycles. The standard InChI is InChI=1S/C45H33B5N4O3/c46-33-31-32-34(47)36(49)41(56)42(57)39(32)54(38(31)37(50)40(55)35(33)48)30-18-17-29(27-11-5-6-12-28(27)30)45-52-43(25-15-13-21-7-1-3-9-23(21)19-25)51-44(53-45)26-16-14-22-8-2-4-10-24(22)20-26/h1-20,55-57H,46-50H2. The van der Waals surface area contributed by atoms with Crippen LogP contribution in [0.3, 0.4) is 0 Å². The molecule has 7 nitrogen and oxygen atoms in total. The van der Waals surface area contributed by atoms with Gasteiger partial charge in [0.15, 0.2) is 29.0 Å². The van der Waals surface area contributed by atoms with Crippen LogP contribution < -0.4 is 27.3 Å². The lowest BCUT2D eigenvalue weighted by molar-refractivity contribution is 0.410. The van der Waals surface area contributed by atoms with Crippen molar-refractivity contribution in [3.05, 3.63) is 121 Å². The van der Waals surface area contributed by atoms with Crippen molar-refractivity contribution in [1.29, 1.82) is 0 Å². The molecule has 0 radical (unpaired) electrons. The van der Waals surface area contributed by atoms with E-state index in [2.05, 4.69) is 72.8 Å². The predicted octanol–water partition coefficient (Wildman–Crippen LogP) is 1.84. The highest BCUT2D eigenvalue weighted by molar-refractivity contribution is 6.62. The third-order valence-electron chi connectivity index (χ3n) is 11.9. The summed E-state index contributed by atoms with van der Waals surface area (Å²) >= 11 is 0. The van der Waals surface area contributed by atoms with Crippen molar-refractivity contribution in [2.24, 2.45) is 0 Å². The summed E-state index contributed by atoms with van der Waals surface area (Å²) in [7, 11) is 9.61. The maximum absolute atomic E-state index is 11.8. The van der Waals surface area contributed by atoms with Crippen LogP contribution in [0.25, 0.3) is 94.0 Å². The zero-order valence-electron chi connectivity index (χ0n) is 32.2. The zero-order chi connectivity index (χ0) is 39.3. The normalized spacial score (nSPS) is 11.7. The van der Waals surface area contributed by atoms with E-state index in [9.17, 15) is 15.3 Å². The molecule has 8 aromatic carbocycles. The van der Waals surface area contributed by atoms with Gasteiger partial charge in [0.05, 0.1) is 16.7 Å². The van der Waals surface area contributed by atoms with Crippen molar-refractivity contribution in [3.63, 3.8) is 0 Å². The average molecular weight is 732 g/mol. The Bertz CT molecular complexity index is 3190. The van der Waals surface area contributed by atoms with Gasteiger partial charge in [0.2, 0.25) is 0 Å². The number of hydrogen-bond acceptors (Lipinski definition) is 6. The van der Waals surface area contributed by atoms with Crippen molar-refractivity contribution in [3.8, 4) is 57.1 Å². The molecule has 2 aromatic heterocycles. The van der Waals surface area contributed by atoms with E-state index in [4.69, 9.17) is 15.0 Å². The van der Waals surface area contributed by atoms with E-state index in [1.54, 1.807) is 0 Å². The largest absolute Gasteiger partial charge is 0.509 e. The highest BCUT2D eigenvalue weighted by Gasteiger charge is 2.27. The van der Waals surface area contributed by atoms with Crippen LogP contribution in [-0.2, 0) is 0 Å². The number of aromatic nitrogens is 4. The first-order chi connectivity index (χ1) is 27.6. The lowest BCUT2D eigenvalue weighted by Crippen LogP contribution is -2.33. The van der Waals surface area contributed by atoms with E-state index < -0.39 is 0 Å². The second kappa shape index (κ2) is 12.8. The molecule has 12 heteroatoms. The van der Waals surface area contributed by atoms with Crippen molar-refractivity contribution >= 4 is 121 Å². The van der Waals surface area contributed by atoms with Gasteiger partial charge in [-0.1, -0.05) is 113 Å². The number of rotatable bonds is 4. The molecular formula is C45H33B5N4O3. The monoisotopic (exact) mass is 732 g/mol. The van der Waals surface area contributed by atoms with Crippen LogP contribution in [-0.4, -0.2) is 74.1 Å². The molecule has 0 amide bonds. The Morgan fingerprint density at radius 2 is 0.895 bits per heavy atom. The molecule has 0 aliphatic rings. The van der Waals surface area contributed by atoms with Gasteiger partial charge in [-0.3, -0.25) is 0 Å². The molecule has 266 valence electrons. The lowest BCUT2D eigenvalue weighted by atomic mass is 9.71. The summed E-state index contributed by atoms with van der Waals surface area (Å²) in [4.78, 5) is 15.4. The van der Waals surface area contributed by atoms with Crippen LogP contribution in [0, 0.1) is 0 Å². The minimum Gasteiger partial charge on any atom is -0.509 e. The van der Waals surface area contributed by atoms with Crippen LogP contribution >= 0.6 is 0 Å². The Balaban J connectivity index is 1.27. The lowest BCUT2D eigenvalue weighted by Gasteiger charge is -2.18. The number of phenolic OH excluding ortho intramolecular Hbond substituents is 3. The number of benzene rings is 8. The van der Waals surface area contributed by atoms with Crippen molar-refractivity contribution < 1.29 is 15.3 Å². The van der Waals surface area contributed by atoms with Crippen LogP contribution in [0.2, 0.25) is 0 Å². The fourth-order valence-corrected chi connectivity index (χ4v) is 8.62. The molecule has 2 heterocycles. The third kappa shape index (κ3) is 5.17. The van der Waals surface area contributed by atoms with Crippen LogP contribution in [0.1, 0.15) is 0 Å². The van der Waals surface area contributed by atoms with Gasteiger partial charge in [0.25, 0.3) is 0 Å². The smallest absolute Gasteiger partial charge is 0.182 e. The third-order valence-corrected chi connectivity index (χ3v) is 11.9.